The van der Waals surface area contributed by atoms with Crippen LogP contribution in [0.2, 0.25) is 0 Å². The van der Waals surface area contributed by atoms with Crippen molar-refractivity contribution >= 4 is 0 Å². The number of aromatic nitrogens is 1. The molecule has 0 saturated heterocycles. The van der Waals surface area contributed by atoms with Gasteiger partial charge >= 0.3 is 0 Å². The third kappa shape index (κ3) is 3.84. The van der Waals surface area contributed by atoms with Crippen molar-refractivity contribution in [1.82, 2.24) is 10.3 Å². The van der Waals surface area contributed by atoms with E-state index in [2.05, 4.69) is 35.9 Å². The fraction of sp³-hybridized carbons (Fsp3) is 0.462. The normalized spacial score (nSPS) is 12.4. The standard InChI is InChI=1S/C13H20N2/c1-4-6-13(15-8-5-2)12-7-9-14-11(3)10-12/h4,7,9-10,13,15H,1,5-6,8H2,2-3H3. The maximum absolute atomic E-state index is 4.21. The molecule has 0 bridgehead atoms. The Morgan fingerprint density at radius 1 is 1.60 bits per heavy atom. The van der Waals surface area contributed by atoms with Crippen LogP contribution in [-0.2, 0) is 0 Å². The minimum Gasteiger partial charge on any atom is -0.310 e. The van der Waals surface area contributed by atoms with Gasteiger partial charge in [0.05, 0.1) is 0 Å². The van der Waals surface area contributed by atoms with Crippen LogP contribution in [0.5, 0.6) is 0 Å². The highest BCUT2D eigenvalue weighted by Gasteiger charge is 2.08. The summed E-state index contributed by atoms with van der Waals surface area (Å²) in [5.74, 6) is 0. The van der Waals surface area contributed by atoms with Crippen molar-refractivity contribution in [3.8, 4) is 0 Å². The van der Waals surface area contributed by atoms with E-state index in [1.165, 1.54) is 5.56 Å². The Labute approximate surface area is 92.4 Å². The van der Waals surface area contributed by atoms with Crippen molar-refractivity contribution in [2.45, 2.75) is 32.7 Å². The minimum atomic E-state index is 0.379. The third-order valence-electron chi connectivity index (χ3n) is 2.37. The van der Waals surface area contributed by atoms with Crippen LogP contribution in [0, 0.1) is 6.92 Å². The van der Waals surface area contributed by atoms with E-state index in [1.807, 2.05) is 19.2 Å². The van der Waals surface area contributed by atoms with Crippen LogP contribution in [0.4, 0.5) is 0 Å². The van der Waals surface area contributed by atoms with Gasteiger partial charge in [0.25, 0.3) is 0 Å². The van der Waals surface area contributed by atoms with Crippen LogP contribution >= 0.6 is 0 Å². The van der Waals surface area contributed by atoms with Gasteiger partial charge in [-0.05, 0) is 44.0 Å². The highest BCUT2D eigenvalue weighted by atomic mass is 14.9. The Kier molecular flexibility index (Phi) is 5.05. The first-order chi connectivity index (χ1) is 7.27. The molecule has 0 aliphatic rings. The van der Waals surface area contributed by atoms with Gasteiger partial charge in [-0.15, -0.1) is 6.58 Å². The Hall–Kier alpha value is -1.15. The van der Waals surface area contributed by atoms with Crippen molar-refractivity contribution in [2.24, 2.45) is 0 Å². The van der Waals surface area contributed by atoms with E-state index in [4.69, 9.17) is 0 Å². The molecule has 1 N–H and O–H groups in total. The maximum atomic E-state index is 4.21. The van der Waals surface area contributed by atoms with Gasteiger partial charge in [0.2, 0.25) is 0 Å². The molecule has 1 heterocycles. The van der Waals surface area contributed by atoms with Crippen LogP contribution in [0.25, 0.3) is 0 Å². The van der Waals surface area contributed by atoms with Crippen molar-refractivity contribution in [1.29, 1.82) is 0 Å². The fourth-order valence-electron chi connectivity index (χ4n) is 1.61. The molecular formula is C13H20N2. The van der Waals surface area contributed by atoms with Gasteiger partial charge in [0.1, 0.15) is 0 Å². The second kappa shape index (κ2) is 6.36. The molecule has 2 nitrogen and oxygen atoms in total. The zero-order valence-electron chi connectivity index (χ0n) is 9.66. The van der Waals surface area contributed by atoms with E-state index in [0.29, 0.717) is 6.04 Å². The maximum Gasteiger partial charge on any atom is 0.0375 e. The predicted molar refractivity (Wildman–Crippen MR) is 64.8 cm³/mol. The van der Waals surface area contributed by atoms with Crippen LogP contribution in [0.3, 0.4) is 0 Å². The number of hydrogen-bond donors (Lipinski definition) is 1. The molecule has 0 aromatic carbocycles. The molecule has 0 saturated carbocycles. The molecule has 15 heavy (non-hydrogen) atoms. The van der Waals surface area contributed by atoms with Crippen LogP contribution < -0.4 is 5.32 Å². The van der Waals surface area contributed by atoms with Crippen molar-refractivity contribution in [3.05, 3.63) is 42.2 Å². The lowest BCUT2D eigenvalue weighted by Crippen LogP contribution is -2.21. The number of rotatable bonds is 6. The molecule has 0 fully saturated rings. The lowest BCUT2D eigenvalue weighted by Gasteiger charge is -2.17. The summed E-state index contributed by atoms with van der Waals surface area (Å²) in [5, 5.41) is 3.51. The van der Waals surface area contributed by atoms with E-state index in [-0.39, 0.29) is 0 Å². The van der Waals surface area contributed by atoms with Crippen LogP contribution in [0.1, 0.15) is 37.1 Å². The third-order valence-corrected chi connectivity index (χ3v) is 2.37. The second-order valence-corrected chi connectivity index (χ2v) is 3.76. The van der Waals surface area contributed by atoms with Gasteiger partial charge in [0, 0.05) is 17.9 Å². The Bertz CT molecular complexity index is 307. The molecule has 1 aromatic heterocycles. The van der Waals surface area contributed by atoms with Gasteiger partial charge in [0.15, 0.2) is 0 Å². The van der Waals surface area contributed by atoms with E-state index in [9.17, 15) is 0 Å². The first-order valence-electron chi connectivity index (χ1n) is 5.54. The highest BCUT2D eigenvalue weighted by molar-refractivity contribution is 5.20. The molecule has 0 aliphatic carbocycles. The molecule has 1 aromatic rings. The SMILES string of the molecule is C=CCC(NCCC)c1ccnc(C)c1. The van der Waals surface area contributed by atoms with Gasteiger partial charge in [-0.1, -0.05) is 13.0 Å². The topological polar surface area (TPSA) is 24.9 Å². The van der Waals surface area contributed by atoms with Crippen molar-refractivity contribution in [3.63, 3.8) is 0 Å². The average Bonchev–Trinajstić information content (AvgIpc) is 2.24. The zero-order valence-corrected chi connectivity index (χ0v) is 9.66. The Morgan fingerprint density at radius 2 is 2.40 bits per heavy atom. The molecule has 0 aliphatic heterocycles. The van der Waals surface area contributed by atoms with Gasteiger partial charge in [-0.25, -0.2) is 0 Å². The molecule has 1 rings (SSSR count). The molecule has 1 atom stereocenters. The largest absolute Gasteiger partial charge is 0.310 e. The number of pyridine rings is 1. The first kappa shape index (κ1) is 11.9. The molecule has 2 heteroatoms. The fourth-order valence-corrected chi connectivity index (χ4v) is 1.61. The van der Waals surface area contributed by atoms with E-state index in [1.54, 1.807) is 0 Å². The summed E-state index contributed by atoms with van der Waals surface area (Å²) in [6.07, 6.45) is 5.94. The summed E-state index contributed by atoms with van der Waals surface area (Å²) in [5.41, 5.74) is 2.37. The van der Waals surface area contributed by atoms with E-state index in [0.717, 1.165) is 25.1 Å². The van der Waals surface area contributed by atoms with E-state index >= 15 is 0 Å². The predicted octanol–water partition coefficient (Wildman–Crippen LogP) is 3.01. The highest BCUT2D eigenvalue weighted by Crippen LogP contribution is 2.17. The van der Waals surface area contributed by atoms with Gasteiger partial charge in [-0.2, -0.15) is 0 Å². The molecule has 82 valence electrons. The monoisotopic (exact) mass is 204 g/mol. The molecule has 0 amide bonds. The summed E-state index contributed by atoms with van der Waals surface area (Å²) in [6.45, 7) is 9.04. The van der Waals surface area contributed by atoms with Crippen molar-refractivity contribution < 1.29 is 0 Å². The number of nitrogens with one attached hydrogen (secondary N) is 1. The van der Waals surface area contributed by atoms with E-state index < -0.39 is 0 Å². The van der Waals surface area contributed by atoms with Crippen molar-refractivity contribution in [2.75, 3.05) is 6.54 Å². The molecule has 0 radical (unpaired) electrons. The van der Waals surface area contributed by atoms with Crippen LogP contribution in [-0.4, -0.2) is 11.5 Å². The quantitative estimate of drug-likeness (QED) is 0.720. The lowest BCUT2D eigenvalue weighted by molar-refractivity contribution is 0.536. The summed E-state index contributed by atoms with van der Waals surface area (Å²) in [7, 11) is 0. The molecular weight excluding hydrogens is 184 g/mol. The average molecular weight is 204 g/mol. The smallest absolute Gasteiger partial charge is 0.0375 e. The molecule has 0 spiro atoms. The zero-order chi connectivity index (χ0) is 11.1. The number of hydrogen-bond acceptors (Lipinski definition) is 2. The minimum absolute atomic E-state index is 0.379. The number of aryl methyl sites for hydroxylation is 1. The number of nitrogens with zero attached hydrogens (tertiary/aromatic N) is 1. The summed E-state index contributed by atoms with van der Waals surface area (Å²) in [4.78, 5) is 4.21. The molecule has 1 unspecified atom stereocenters. The Morgan fingerprint density at radius 3 is 3.00 bits per heavy atom. The lowest BCUT2D eigenvalue weighted by atomic mass is 10.0. The first-order valence-corrected chi connectivity index (χ1v) is 5.54. The van der Waals surface area contributed by atoms with Gasteiger partial charge < -0.3 is 5.32 Å². The Balaban J connectivity index is 2.73. The van der Waals surface area contributed by atoms with Crippen LogP contribution in [0.15, 0.2) is 31.0 Å². The summed E-state index contributed by atoms with van der Waals surface area (Å²) >= 11 is 0. The van der Waals surface area contributed by atoms with Gasteiger partial charge in [-0.3, -0.25) is 4.98 Å². The second-order valence-electron chi connectivity index (χ2n) is 3.76. The summed E-state index contributed by atoms with van der Waals surface area (Å²) in [6, 6.07) is 4.59. The summed E-state index contributed by atoms with van der Waals surface area (Å²) < 4.78 is 0.